The van der Waals surface area contributed by atoms with Crippen LogP contribution in [0.3, 0.4) is 0 Å². The number of esters is 1. The van der Waals surface area contributed by atoms with E-state index in [1.807, 2.05) is 0 Å². The van der Waals surface area contributed by atoms with Crippen molar-refractivity contribution in [3.05, 3.63) is 35.9 Å². The Labute approximate surface area is 201 Å². The van der Waals surface area contributed by atoms with E-state index in [9.17, 15) is 38.6 Å². The number of carbonyl (C=O) groups excluding carboxylic acids is 4. The molecule has 0 aromatic heterocycles. The summed E-state index contributed by atoms with van der Waals surface area (Å²) in [5.74, 6) is -8.52. The van der Waals surface area contributed by atoms with E-state index in [1.165, 1.54) is 13.8 Å². The Kier molecular flexibility index (Phi) is 13.0. The molecule has 0 saturated carbocycles. The first-order valence-electron chi connectivity index (χ1n) is 10.3. The number of halogens is 1. The molecule has 2 amide bonds. The monoisotopic (exact) mass is 499 g/mol. The van der Waals surface area contributed by atoms with Crippen molar-refractivity contribution in [2.45, 2.75) is 51.4 Å². The maximum Gasteiger partial charge on any atom is 0.345 e. The van der Waals surface area contributed by atoms with Gasteiger partial charge in [-0.3, -0.25) is 19.3 Å². The lowest BCUT2D eigenvalue weighted by atomic mass is 9.89. The second-order valence-corrected chi connectivity index (χ2v) is 7.69. The van der Waals surface area contributed by atoms with Crippen LogP contribution in [0, 0.1) is 5.92 Å². The lowest BCUT2D eigenvalue weighted by molar-refractivity contribution is -0.185. The minimum Gasteiger partial charge on any atom is -0.481 e. The Balaban J connectivity index is 0.00000267. The molecular formula is C22H30FN3O9. The molecule has 0 aliphatic rings. The molecule has 35 heavy (non-hydrogen) atoms. The van der Waals surface area contributed by atoms with Crippen molar-refractivity contribution in [2.75, 3.05) is 6.67 Å². The number of imide groups is 1. The van der Waals surface area contributed by atoms with Gasteiger partial charge in [0.25, 0.3) is 5.54 Å². The largest absolute Gasteiger partial charge is 0.481 e. The smallest absolute Gasteiger partial charge is 0.345 e. The van der Waals surface area contributed by atoms with Crippen molar-refractivity contribution < 1.29 is 48.1 Å². The number of alkyl halides is 1. The van der Waals surface area contributed by atoms with Gasteiger partial charge in [0.15, 0.2) is 6.29 Å². The fraction of sp³-hybridized carbons (Fsp3) is 0.455. The topological polar surface area (TPSA) is 207 Å². The fourth-order valence-electron chi connectivity index (χ4n) is 2.69. The van der Waals surface area contributed by atoms with Crippen LogP contribution < -0.4 is 11.5 Å². The van der Waals surface area contributed by atoms with E-state index in [-0.39, 0.29) is 11.2 Å². The second kappa shape index (κ2) is 14.5. The van der Waals surface area contributed by atoms with E-state index < -0.39 is 73.0 Å². The third kappa shape index (κ3) is 8.54. The fourth-order valence-corrected chi connectivity index (χ4v) is 2.69. The summed E-state index contributed by atoms with van der Waals surface area (Å²) in [5, 5.41) is 19.3. The second-order valence-electron chi connectivity index (χ2n) is 7.69. The third-order valence-corrected chi connectivity index (χ3v) is 4.59. The van der Waals surface area contributed by atoms with Crippen LogP contribution >= 0.6 is 0 Å². The standard InChI is InChI=1S/C20H27N3O8.C2H3FO/c1-11(2)15(22)17(27)23(16(26)12(3)21)20(18(28)29,9-14(24)25)19(30)31-10-13-7-5-4-6-8-13;3-1-2-4/h4-8,11-12,15H,9-10,21-22H2,1-3H3,(H,24,25)(H,28,29);2H,1H2. The molecule has 3 atom stereocenters. The Bertz CT molecular complexity index is 909. The first-order chi connectivity index (χ1) is 16.3. The van der Waals surface area contributed by atoms with Gasteiger partial charge in [0, 0.05) is 0 Å². The Morgan fingerprint density at radius 2 is 1.57 bits per heavy atom. The number of benzene rings is 1. The predicted molar refractivity (Wildman–Crippen MR) is 119 cm³/mol. The van der Waals surface area contributed by atoms with Crippen LogP contribution in [0.25, 0.3) is 0 Å². The highest BCUT2D eigenvalue weighted by Gasteiger charge is 2.60. The number of aliphatic carboxylic acids is 2. The van der Waals surface area contributed by atoms with Gasteiger partial charge in [0.1, 0.15) is 13.3 Å². The number of carboxylic acids is 2. The molecule has 0 saturated heterocycles. The van der Waals surface area contributed by atoms with Crippen LogP contribution in [0.2, 0.25) is 0 Å². The van der Waals surface area contributed by atoms with Gasteiger partial charge < -0.3 is 31.2 Å². The van der Waals surface area contributed by atoms with Crippen molar-refractivity contribution in [1.82, 2.24) is 4.90 Å². The highest BCUT2D eigenvalue weighted by molar-refractivity contribution is 6.15. The SMILES string of the molecule is CC(N)C(=O)N(C(=O)C(N)C(C)C)C(CC(=O)O)(C(=O)O)C(=O)OCc1ccccc1.O=CCF. The molecule has 13 heteroatoms. The highest BCUT2D eigenvalue weighted by Crippen LogP contribution is 2.27. The Morgan fingerprint density at radius 3 is 1.94 bits per heavy atom. The van der Waals surface area contributed by atoms with Crippen molar-refractivity contribution in [3.8, 4) is 0 Å². The van der Waals surface area contributed by atoms with Gasteiger partial charge >= 0.3 is 17.9 Å². The van der Waals surface area contributed by atoms with Crippen LogP contribution in [-0.4, -0.2) is 75.4 Å². The number of carbonyl (C=O) groups is 6. The molecule has 1 aromatic rings. The number of hydrogen-bond donors (Lipinski definition) is 4. The summed E-state index contributed by atoms with van der Waals surface area (Å²) >= 11 is 0. The minimum absolute atomic E-state index is 0.0338. The zero-order chi connectivity index (χ0) is 27.3. The molecule has 0 fully saturated rings. The zero-order valence-corrected chi connectivity index (χ0v) is 19.5. The molecule has 3 unspecified atom stereocenters. The molecule has 12 nitrogen and oxygen atoms in total. The van der Waals surface area contributed by atoms with Gasteiger partial charge in [-0.15, -0.1) is 0 Å². The van der Waals surface area contributed by atoms with Crippen molar-refractivity contribution in [3.63, 3.8) is 0 Å². The summed E-state index contributed by atoms with van der Waals surface area (Å²) in [6, 6.07) is 5.31. The van der Waals surface area contributed by atoms with Gasteiger partial charge in [-0.2, -0.15) is 0 Å². The Morgan fingerprint density at radius 1 is 1.06 bits per heavy atom. The molecule has 1 aromatic carbocycles. The summed E-state index contributed by atoms with van der Waals surface area (Å²) < 4.78 is 15.4. The van der Waals surface area contributed by atoms with Crippen molar-refractivity contribution >= 4 is 36.0 Å². The van der Waals surface area contributed by atoms with Crippen LogP contribution in [0.15, 0.2) is 30.3 Å². The van der Waals surface area contributed by atoms with Gasteiger partial charge in [-0.1, -0.05) is 44.2 Å². The molecular weight excluding hydrogens is 469 g/mol. The number of rotatable bonds is 11. The quantitative estimate of drug-likeness (QED) is 0.179. The summed E-state index contributed by atoms with van der Waals surface area (Å²) in [7, 11) is 0. The third-order valence-electron chi connectivity index (χ3n) is 4.59. The van der Waals surface area contributed by atoms with E-state index >= 15 is 0 Å². The van der Waals surface area contributed by atoms with E-state index in [4.69, 9.17) is 21.0 Å². The van der Waals surface area contributed by atoms with Crippen molar-refractivity contribution in [2.24, 2.45) is 17.4 Å². The van der Waals surface area contributed by atoms with Crippen LogP contribution in [-0.2, 0) is 40.1 Å². The number of carboxylic acid groups (broad SMARTS) is 2. The van der Waals surface area contributed by atoms with Gasteiger partial charge in [0.2, 0.25) is 11.8 Å². The molecule has 0 spiro atoms. The minimum atomic E-state index is -3.20. The zero-order valence-electron chi connectivity index (χ0n) is 19.5. The number of aldehydes is 1. The molecule has 0 aliphatic heterocycles. The number of hydrogen-bond acceptors (Lipinski definition) is 9. The van der Waals surface area contributed by atoms with E-state index in [1.54, 1.807) is 30.3 Å². The van der Waals surface area contributed by atoms with Gasteiger partial charge in [-0.05, 0) is 18.4 Å². The highest BCUT2D eigenvalue weighted by atomic mass is 19.1. The summed E-state index contributed by atoms with van der Waals surface area (Å²) in [6.45, 7) is 2.94. The average Bonchev–Trinajstić information content (AvgIpc) is 2.81. The first kappa shape index (κ1) is 31.3. The maximum absolute atomic E-state index is 13.0. The number of amides is 2. The van der Waals surface area contributed by atoms with Crippen LogP contribution in [0.5, 0.6) is 0 Å². The molecule has 0 bridgehead atoms. The lowest BCUT2D eigenvalue weighted by Crippen LogP contribution is -2.69. The number of nitrogens with zero attached hydrogens (tertiary/aromatic N) is 1. The van der Waals surface area contributed by atoms with Crippen LogP contribution in [0.4, 0.5) is 4.39 Å². The Hall–Kier alpha value is -3.71. The summed E-state index contributed by atoms with van der Waals surface area (Å²) in [5.41, 5.74) is 8.66. The summed E-state index contributed by atoms with van der Waals surface area (Å²) in [4.78, 5) is 71.4. The van der Waals surface area contributed by atoms with Gasteiger partial charge in [0.05, 0.1) is 18.5 Å². The number of nitrogens with two attached hydrogens (primary N) is 2. The van der Waals surface area contributed by atoms with Crippen LogP contribution in [0.1, 0.15) is 32.8 Å². The number of ether oxygens (including phenoxy) is 1. The average molecular weight is 499 g/mol. The molecule has 0 heterocycles. The molecule has 0 radical (unpaired) electrons. The first-order valence-corrected chi connectivity index (χ1v) is 10.3. The normalized spacial score (nSPS) is 13.8. The summed E-state index contributed by atoms with van der Waals surface area (Å²) in [6.07, 6.45) is -1.23. The van der Waals surface area contributed by atoms with E-state index in [0.717, 1.165) is 6.92 Å². The maximum atomic E-state index is 13.0. The molecule has 6 N–H and O–H groups in total. The molecule has 194 valence electrons. The van der Waals surface area contributed by atoms with E-state index in [2.05, 4.69) is 0 Å². The molecule has 0 aliphatic carbocycles. The van der Waals surface area contributed by atoms with E-state index in [0.29, 0.717) is 5.56 Å². The van der Waals surface area contributed by atoms with Gasteiger partial charge in [-0.25, -0.2) is 14.0 Å². The lowest BCUT2D eigenvalue weighted by Gasteiger charge is -2.38. The predicted octanol–water partition coefficient (Wildman–Crippen LogP) is -0.132. The van der Waals surface area contributed by atoms with Crippen molar-refractivity contribution in [1.29, 1.82) is 0 Å². The molecule has 1 rings (SSSR count).